The van der Waals surface area contributed by atoms with Crippen molar-refractivity contribution in [1.82, 2.24) is 24.8 Å². The fourth-order valence-corrected chi connectivity index (χ4v) is 3.42. The second-order valence-corrected chi connectivity index (χ2v) is 6.92. The van der Waals surface area contributed by atoms with Gasteiger partial charge in [0.2, 0.25) is 5.91 Å². The van der Waals surface area contributed by atoms with E-state index in [4.69, 9.17) is 10.4 Å². The Morgan fingerprint density at radius 1 is 1.07 bits per heavy atom. The van der Waals surface area contributed by atoms with Crippen LogP contribution in [0.5, 0.6) is 0 Å². The minimum Gasteiger partial charge on any atom is -0.379 e. The highest BCUT2D eigenvalue weighted by Gasteiger charge is 2.20. The molecular formula is C21H17N7O2. The molecule has 0 unspecified atom stereocenters. The summed E-state index contributed by atoms with van der Waals surface area (Å²) < 4.78 is 6.46. The van der Waals surface area contributed by atoms with Gasteiger partial charge >= 0.3 is 0 Å². The van der Waals surface area contributed by atoms with E-state index in [1.807, 2.05) is 61.5 Å². The lowest BCUT2D eigenvalue weighted by molar-refractivity contribution is -0.116. The number of anilines is 2. The third-order valence-corrected chi connectivity index (χ3v) is 4.79. The van der Waals surface area contributed by atoms with Crippen LogP contribution in [0.2, 0.25) is 0 Å². The van der Waals surface area contributed by atoms with Crippen LogP contribution in [0.1, 0.15) is 5.69 Å². The van der Waals surface area contributed by atoms with Crippen molar-refractivity contribution >= 4 is 39.3 Å². The maximum absolute atomic E-state index is 12.9. The predicted octanol–water partition coefficient (Wildman–Crippen LogP) is 3.16. The van der Waals surface area contributed by atoms with Crippen molar-refractivity contribution in [2.75, 3.05) is 11.1 Å². The summed E-state index contributed by atoms with van der Waals surface area (Å²) in [5.41, 5.74) is 10.2. The summed E-state index contributed by atoms with van der Waals surface area (Å²) in [6, 6.07) is 17.0. The van der Waals surface area contributed by atoms with Crippen molar-refractivity contribution < 1.29 is 9.42 Å². The van der Waals surface area contributed by atoms with E-state index in [9.17, 15) is 4.79 Å². The van der Waals surface area contributed by atoms with E-state index in [1.54, 1.807) is 4.57 Å². The summed E-state index contributed by atoms with van der Waals surface area (Å²) in [6.45, 7) is 1.96. The van der Waals surface area contributed by atoms with E-state index in [1.165, 1.54) is 0 Å². The normalized spacial score (nSPS) is 11.2. The number of nitrogens with zero attached hydrogens (tertiary/aromatic N) is 5. The van der Waals surface area contributed by atoms with Gasteiger partial charge < -0.3 is 15.6 Å². The van der Waals surface area contributed by atoms with Crippen LogP contribution in [0.4, 0.5) is 11.5 Å². The quantitative estimate of drug-likeness (QED) is 0.475. The zero-order valence-electron chi connectivity index (χ0n) is 16.0. The van der Waals surface area contributed by atoms with Crippen LogP contribution in [0.3, 0.4) is 0 Å². The highest BCUT2D eigenvalue weighted by Crippen LogP contribution is 2.26. The van der Waals surface area contributed by atoms with E-state index in [0.717, 1.165) is 27.6 Å². The molecule has 0 radical (unpaired) electrons. The van der Waals surface area contributed by atoms with Crippen molar-refractivity contribution in [3.63, 3.8) is 0 Å². The molecule has 30 heavy (non-hydrogen) atoms. The lowest BCUT2D eigenvalue weighted by Crippen LogP contribution is -2.19. The second kappa shape index (κ2) is 6.96. The van der Waals surface area contributed by atoms with E-state index in [-0.39, 0.29) is 18.3 Å². The molecule has 0 aliphatic carbocycles. The summed E-state index contributed by atoms with van der Waals surface area (Å²) in [7, 11) is 0. The Balaban J connectivity index is 1.47. The molecule has 0 aliphatic rings. The fraction of sp³-hybridized carbons (Fsp3) is 0.0952. The lowest BCUT2D eigenvalue weighted by Gasteiger charge is -2.10. The smallest absolute Gasteiger partial charge is 0.244 e. The number of aromatic nitrogens is 5. The van der Waals surface area contributed by atoms with Gasteiger partial charge in [-0.25, -0.2) is 9.61 Å². The minimum atomic E-state index is -0.214. The van der Waals surface area contributed by atoms with Gasteiger partial charge in [-0.15, -0.1) is 0 Å². The highest BCUT2D eigenvalue weighted by molar-refractivity contribution is 5.95. The zero-order valence-corrected chi connectivity index (χ0v) is 16.0. The number of nitrogens with one attached hydrogen (secondary N) is 1. The monoisotopic (exact) mass is 399 g/mol. The topological polar surface area (TPSA) is 125 Å². The Morgan fingerprint density at radius 2 is 1.93 bits per heavy atom. The molecule has 0 saturated heterocycles. The van der Waals surface area contributed by atoms with E-state index in [2.05, 4.69) is 25.6 Å². The molecule has 0 saturated carbocycles. The van der Waals surface area contributed by atoms with Crippen LogP contribution >= 0.6 is 0 Å². The number of hydrogen-bond acceptors (Lipinski definition) is 7. The molecule has 9 heteroatoms. The van der Waals surface area contributed by atoms with Crippen LogP contribution in [-0.2, 0) is 11.3 Å². The number of hydrogen-bond donors (Lipinski definition) is 2. The number of carbonyl (C=O) groups excluding carboxylic acids is 1. The number of rotatable bonds is 4. The average Bonchev–Trinajstić information content (AvgIpc) is 3.31. The number of carbonyl (C=O) groups is 1. The molecular weight excluding hydrogens is 382 g/mol. The van der Waals surface area contributed by atoms with Crippen molar-refractivity contribution in [1.29, 1.82) is 0 Å². The number of nitrogens with two attached hydrogens (primary N) is 1. The number of nitrogen functional groups attached to an aromatic ring is 1. The molecule has 1 amide bonds. The van der Waals surface area contributed by atoms with Crippen LogP contribution in [0.25, 0.3) is 33.5 Å². The average molecular weight is 399 g/mol. The number of para-hydroxylation sites is 2. The number of amides is 1. The number of benzene rings is 2. The fourth-order valence-electron chi connectivity index (χ4n) is 3.42. The van der Waals surface area contributed by atoms with Crippen LogP contribution in [0, 0.1) is 6.92 Å². The molecule has 0 bridgehead atoms. The van der Waals surface area contributed by atoms with E-state index < -0.39 is 0 Å². The number of fused-ring (bicyclic) bond motifs is 2. The standard InChI is InChI=1S/C21H17N7O2/c1-12-6-7-13-10-14(8-9-15(13)23-12)24-18(29)11-28-17-5-3-2-4-16(17)25-21(28)19-20(22)27-30-26-19/h2-10H,11H2,1H3,(H2,22,27)(H,24,29). The molecule has 2 aromatic carbocycles. The van der Waals surface area contributed by atoms with Gasteiger partial charge in [0.1, 0.15) is 6.54 Å². The molecule has 0 fully saturated rings. The lowest BCUT2D eigenvalue weighted by atomic mass is 10.2. The SMILES string of the molecule is Cc1ccc2cc(NC(=O)Cn3c(-c4nonc4N)nc4ccccc43)ccc2n1. The highest BCUT2D eigenvalue weighted by atomic mass is 16.6. The first-order valence-corrected chi connectivity index (χ1v) is 9.29. The molecule has 3 N–H and O–H groups in total. The molecule has 148 valence electrons. The van der Waals surface area contributed by atoms with Gasteiger partial charge in [-0.05, 0) is 53.6 Å². The van der Waals surface area contributed by atoms with Crippen LogP contribution in [-0.4, -0.2) is 30.8 Å². The molecule has 9 nitrogen and oxygen atoms in total. The first-order chi connectivity index (χ1) is 14.6. The van der Waals surface area contributed by atoms with Crippen molar-refractivity contribution in [2.24, 2.45) is 0 Å². The van der Waals surface area contributed by atoms with Gasteiger partial charge in [0, 0.05) is 16.8 Å². The number of pyridine rings is 1. The number of aryl methyl sites for hydroxylation is 1. The van der Waals surface area contributed by atoms with Gasteiger partial charge in [-0.1, -0.05) is 18.2 Å². The summed E-state index contributed by atoms with van der Waals surface area (Å²) in [4.78, 5) is 21.9. The predicted molar refractivity (Wildman–Crippen MR) is 113 cm³/mol. The molecule has 3 aromatic heterocycles. The Morgan fingerprint density at radius 3 is 2.77 bits per heavy atom. The van der Waals surface area contributed by atoms with E-state index >= 15 is 0 Å². The maximum atomic E-state index is 12.9. The third kappa shape index (κ3) is 3.12. The van der Waals surface area contributed by atoms with Gasteiger partial charge in [-0.2, -0.15) is 0 Å². The minimum absolute atomic E-state index is 0.0202. The van der Waals surface area contributed by atoms with Crippen molar-refractivity contribution in [2.45, 2.75) is 13.5 Å². The molecule has 5 rings (SSSR count). The first kappa shape index (κ1) is 17.8. The Kier molecular flexibility index (Phi) is 4.13. The van der Waals surface area contributed by atoms with Gasteiger partial charge in [0.15, 0.2) is 17.3 Å². The first-order valence-electron chi connectivity index (χ1n) is 9.29. The van der Waals surface area contributed by atoms with Crippen molar-refractivity contribution in [3.8, 4) is 11.5 Å². The molecule has 0 spiro atoms. The summed E-state index contributed by atoms with van der Waals surface area (Å²) >= 11 is 0. The third-order valence-electron chi connectivity index (χ3n) is 4.79. The Hall–Kier alpha value is -4.27. The summed E-state index contributed by atoms with van der Waals surface area (Å²) in [5.74, 6) is 0.321. The van der Waals surface area contributed by atoms with Crippen LogP contribution < -0.4 is 11.1 Å². The second-order valence-electron chi connectivity index (χ2n) is 6.92. The largest absolute Gasteiger partial charge is 0.379 e. The van der Waals surface area contributed by atoms with Crippen molar-refractivity contribution in [3.05, 3.63) is 60.3 Å². The van der Waals surface area contributed by atoms with Gasteiger partial charge in [0.25, 0.3) is 0 Å². The van der Waals surface area contributed by atoms with Gasteiger partial charge in [-0.3, -0.25) is 9.78 Å². The number of imidazole rings is 1. The zero-order chi connectivity index (χ0) is 20.7. The van der Waals surface area contributed by atoms with E-state index in [0.29, 0.717) is 17.2 Å². The molecule has 3 heterocycles. The summed E-state index contributed by atoms with van der Waals surface area (Å²) in [5, 5.41) is 11.3. The van der Waals surface area contributed by atoms with Crippen LogP contribution in [0.15, 0.2) is 59.2 Å². The molecule has 0 aliphatic heterocycles. The van der Waals surface area contributed by atoms with Gasteiger partial charge in [0.05, 0.1) is 16.6 Å². The Bertz CT molecular complexity index is 1400. The molecule has 5 aromatic rings. The maximum Gasteiger partial charge on any atom is 0.244 e. The molecule has 0 atom stereocenters. The Labute approximate surface area is 170 Å². The summed E-state index contributed by atoms with van der Waals surface area (Å²) in [6.07, 6.45) is 0.